The topological polar surface area (TPSA) is 0 Å². The third-order valence-electron chi connectivity index (χ3n) is 1.50. The molecule has 0 aromatic heterocycles. The summed E-state index contributed by atoms with van der Waals surface area (Å²) in [6.07, 6.45) is 4.66. The fraction of sp³-hybridized carbons (Fsp3) is 1.00. The van der Waals surface area contributed by atoms with Crippen LogP contribution in [0.15, 0.2) is 0 Å². The van der Waals surface area contributed by atoms with Crippen molar-refractivity contribution in [2.75, 3.05) is 0 Å². The average molecular weight is 191 g/mol. The van der Waals surface area contributed by atoms with Crippen molar-refractivity contribution in [2.24, 2.45) is 0 Å². The number of hydrogen-bond acceptors (Lipinski definition) is 0. The zero-order valence-corrected chi connectivity index (χ0v) is 8.61. The van der Waals surface area contributed by atoms with Crippen LogP contribution in [0.1, 0.15) is 19.3 Å². The van der Waals surface area contributed by atoms with E-state index in [0.717, 1.165) is 0 Å². The molecule has 0 N–H and O–H groups in total. The van der Waals surface area contributed by atoms with Crippen LogP contribution in [0.5, 0.6) is 0 Å². The molecule has 0 aliphatic carbocycles. The molecule has 1 aliphatic rings. The van der Waals surface area contributed by atoms with Crippen molar-refractivity contribution in [3.8, 4) is 0 Å². The Bertz CT molecular complexity index is 23.6. The van der Waals surface area contributed by atoms with Gasteiger partial charge in [-0.05, 0) is 0 Å². The summed E-state index contributed by atoms with van der Waals surface area (Å²) in [5.74, 6) is 0. The Labute approximate surface area is 67.0 Å². The van der Waals surface area contributed by atoms with Gasteiger partial charge in [0, 0.05) is 35.7 Å². The zero-order valence-electron chi connectivity index (χ0n) is 4.74. The van der Waals surface area contributed by atoms with Crippen molar-refractivity contribution in [1.82, 2.24) is 0 Å². The Kier molecular flexibility index (Phi) is 6.06. The summed E-state index contributed by atoms with van der Waals surface area (Å²) in [5.41, 5.74) is 0. The van der Waals surface area contributed by atoms with Gasteiger partial charge in [-0.25, -0.2) is 0 Å². The minimum Gasteiger partial charge on any atom is -0.0628 e. The van der Waals surface area contributed by atoms with E-state index in [1.807, 2.05) is 0 Å². The van der Waals surface area contributed by atoms with Crippen molar-refractivity contribution in [1.29, 1.82) is 0 Å². The van der Waals surface area contributed by atoms with E-state index < -0.39 is 0 Å². The molecule has 1 fully saturated rings. The smallest absolute Gasteiger partial charge is 0.0197 e. The molecule has 0 bridgehead atoms. The second-order valence-corrected chi connectivity index (χ2v) is 4.24. The second kappa shape index (κ2) is 5.24. The predicted octanol–water partition coefficient (Wildman–Crippen LogP) is 1.17. The monoisotopic (exact) mass is 190 g/mol. The van der Waals surface area contributed by atoms with Gasteiger partial charge in [-0.3, -0.25) is 0 Å². The van der Waals surface area contributed by atoms with Crippen LogP contribution >= 0.6 is 0 Å². The Morgan fingerprint density at radius 1 is 0.857 bits per heavy atom. The van der Waals surface area contributed by atoms with Crippen LogP contribution in [0.2, 0.25) is 12.1 Å². The summed E-state index contributed by atoms with van der Waals surface area (Å²) in [6.45, 7) is 0. The van der Waals surface area contributed by atoms with Crippen LogP contribution < -0.4 is 0 Å². The first-order valence-corrected chi connectivity index (χ1v) is 5.00. The van der Waals surface area contributed by atoms with Gasteiger partial charge in [0.25, 0.3) is 0 Å². The van der Waals surface area contributed by atoms with Gasteiger partial charge in [-0.1, -0.05) is 31.4 Å². The standard InChI is InChI=1S/C5H12Si.Zr/c1-2-4-6-5-3-1;/h1-6H2;. The fourth-order valence-corrected chi connectivity index (χ4v) is 2.83. The van der Waals surface area contributed by atoms with Crippen LogP contribution in [-0.2, 0) is 26.2 Å². The number of rotatable bonds is 0. The van der Waals surface area contributed by atoms with E-state index in [0.29, 0.717) is 9.52 Å². The molecule has 2 heteroatoms. The molecule has 0 amide bonds. The molecule has 0 aromatic rings. The van der Waals surface area contributed by atoms with Gasteiger partial charge in [0.15, 0.2) is 0 Å². The molecule has 0 atom stereocenters. The third kappa shape index (κ3) is 3.66. The minimum absolute atomic E-state index is 0. The molecule has 0 radical (unpaired) electrons. The van der Waals surface area contributed by atoms with Crippen molar-refractivity contribution >= 4 is 9.52 Å². The Balaban J connectivity index is 0.000000360. The first-order valence-electron chi connectivity index (χ1n) is 3.00. The largest absolute Gasteiger partial charge is 0.0628 e. The number of hydrogen-bond donors (Lipinski definition) is 0. The van der Waals surface area contributed by atoms with Crippen molar-refractivity contribution < 1.29 is 26.2 Å². The molecule has 0 nitrogen and oxygen atoms in total. The molecule has 1 heterocycles. The first kappa shape index (κ1) is 8.10. The quantitative estimate of drug-likeness (QED) is 0.504. The Morgan fingerprint density at radius 3 is 1.57 bits per heavy atom. The molecule has 1 saturated heterocycles. The summed E-state index contributed by atoms with van der Waals surface area (Å²) < 4.78 is 0. The average Bonchev–Trinajstić information content (AvgIpc) is 1.72. The molecule has 0 spiro atoms. The van der Waals surface area contributed by atoms with Crippen LogP contribution in [0.25, 0.3) is 0 Å². The molecular weight excluding hydrogens is 179 g/mol. The summed E-state index contributed by atoms with van der Waals surface area (Å²) in [7, 11) is 0.508. The van der Waals surface area contributed by atoms with Crippen molar-refractivity contribution in [3.05, 3.63) is 0 Å². The second-order valence-electron chi connectivity index (χ2n) is 2.12. The van der Waals surface area contributed by atoms with E-state index in [9.17, 15) is 0 Å². The maximum Gasteiger partial charge on any atom is 0.0197 e. The maximum atomic E-state index is 1.64. The molecular formula is C5H12SiZr. The van der Waals surface area contributed by atoms with Gasteiger partial charge >= 0.3 is 0 Å². The molecule has 0 saturated carbocycles. The molecule has 7 heavy (non-hydrogen) atoms. The first-order chi connectivity index (χ1) is 3.00. The molecule has 1 rings (SSSR count). The SMILES string of the molecule is C1CC[SiH2]CC1.[Zr]. The van der Waals surface area contributed by atoms with Crippen LogP contribution in [-0.4, -0.2) is 9.52 Å². The minimum atomic E-state index is 0. The van der Waals surface area contributed by atoms with Crippen molar-refractivity contribution in [2.45, 2.75) is 31.4 Å². The van der Waals surface area contributed by atoms with Crippen LogP contribution in [0.3, 0.4) is 0 Å². The van der Waals surface area contributed by atoms with Gasteiger partial charge in [0.1, 0.15) is 0 Å². The molecule has 0 aromatic carbocycles. The Hall–Kier alpha value is 1.10. The van der Waals surface area contributed by atoms with Crippen LogP contribution in [0, 0.1) is 0 Å². The van der Waals surface area contributed by atoms with E-state index in [-0.39, 0.29) is 26.2 Å². The van der Waals surface area contributed by atoms with E-state index in [2.05, 4.69) is 0 Å². The third-order valence-corrected chi connectivity index (χ3v) is 3.50. The van der Waals surface area contributed by atoms with E-state index in [4.69, 9.17) is 0 Å². The predicted molar refractivity (Wildman–Crippen MR) is 32.0 cm³/mol. The Morgan fingerprint density at radius 2 is 1.43 bits per heavy atom. The van der Waals surface area contributed by atoms with E-state index >= 15 is 0 Å². The molecule has 1 aliphatic heterocycles. The van der Waals surface area contributed by atoms with Gasteiger partial charge in [0.05, 0.1) is 0 Å². The summed E-state index contributed by atoms with van der Waals surface area (Å²) >= 11 is 0. The maximum absolute atomic E-state index is 1.64. The van der Waals surface area contributed by atoms with Crippen molar-refractivity contribution in [3.63, 3.8) is 0 Å². The zero-order chi connectivity index (χ0) is 4.24. The summed E-state index contributed by atoms with van der Waals surface area (Å²) in [6, 6.07) is 3.28. The summed E-state index contributed by atoms with van der Waals surface area (Å²) in [4.78, 5) is 0. The molecule has 0 unspecified atom stereocenters. The van der Waals surface area contributed by atoms with Gasteiger partial charge in [0.2, 0.25) is 0 Å². The normalized spacial score (nSPS) is 20.6. The van der Waals surface area contributed by atoms with Gasteiger partial charge in [-0.15, -0.1) is 0 Å². The van der Waals surface area contributed by atoms with Crippen LogP contribution in [0.4, 0.5) is 0 Å². The van der Waals surface area contributed by atoms with Gasteiger partial charge in [-0.2, -0.15) is 0 Å². The summed E-state index contributed by atoms with van der Waals surface area (Å²) in [5, 5.41) is 0. The van der Waals surface area contributed by atoms with E-state index in [1.165, 1.54) is 6.42 Å². The van der Waals surface area contributed by atoms with E-state index in [1.54, 1.807) is 24.9 Å². The van der Waals surface area contributed by atoms with Gasteiger partial charge < -0.3 is 0 Å². The molecule has 40 valence electrons. The fourth-order valence-electron chi connectivity index (χ4n) is 1.06.